The van der Waals surface area contributed by atoms with Crippen molar-refractivity contribution in [2.45, 2.75) is 56.2 Å². The molecule has 232 valence electrons. The maximum atomic E-state index is 15.0. The third-order valence-electron chi connectivity index (χ3n) is 7.38. The van der Waals surface area contributed by atoms with Gasteiger partial charge in [-0.1, -0.05) is 62.2 Å². The lowest BCUT2D eigenvalue weighted by Crippen LogP contribution is -2.16. The lowest BCUT2D eigenvalue weighted by Gasteiger charge is -2.28. The molecular weight excluding hydrogens is 602 g/mol. The molecule has 1 aliphatic rings. The van der Waals surface area contributed by atoms with Gasteiger partial charge in [0.15, 0.2) is 0 Å². The highest BCUT2D eigenvalue weighted by Crippen LogP contribution is 2.46. The third-order valence-corrected chi connectivity index (χ3v) is 10.7. The van der Waals surface area contributed by atoms with Gasteiger partial charge in [0.05, 0.1) is 10.1 Å². The SMILES string of the molecule is CCCCCOCCC1CSC(c2ccc(CCc3ccc(/C=C/c4ccc(C(F)(F)F)c(F)c4)c(F)c3)c(F)c2)SC1. The van der Waals surface area contributed by atoms with Crippen LogP contribution in [0.2, 0.25) is 0 Å². The van der Waals surface area contributed by atoms with Crippen molar-refractivity contribution in [3.63, 3.8) is 0 Å². The molecule has 1 heterocycles. The second kappa shape index (κ2) is 16.1. The van der Waals surface area contributed by atoms with Crippen molar-refractivity contribution in [3.8, 4) is 0 Å². The molecule has 0 unspecified atom stereocenters. The molecule has 43 heavy (non-hydrogen) atoms. The van der Waals surface area contributed by atoms with Gasteiger partial charge in [-0.25, -0.2) is 13.2 Å². The zero-order valence-corrected chi connectivity index (χ0v) is 25.7. The molecule has 9 heteroatoms. The minimum absolute atomic E-state index is 0.181. The Morgan fingerprint density at radius 1 is 0.814 bits per heavy atom. The zero-order valence-electron chi connectivity index (χ0n) is 24.1. The van der Waals surface area contributed by atoms with Crippen molar-refractivity contribution in [2.24, 2.45) is 5.92 Å². The first kappa shape index (κ1) is 33.5. The first-order valence-electron chi connectivity index (χ1n) is 14.6. The van der Waals surface area contributed by atoms with Crippen LogP contribution in [0, 0.1) is 23.4 Å². The van der Waals surface area contributed by atoms with Crippen molar-refractivity contribution in [1.82, 2.24) is 0 Å². The van der Waals surface area contributed by atoms with Crippen LogP contribution >= 0.6 is 23.5 Å². The van der Waals surface area contributed by atoms with E-state index in [-0.39, 0.29) is 21.5 Å². The lowest BCUT2D eigenvalue weighted by molar-refractivity contribution is -0.140. The van der Waals surface area contributed by atoms with Gasteiger partial charge in [0.1, 0.15) is 17.5 Å². The number of halogens is 6. The summed E-state index contributed by atoms with van der Waals surface area (Å²) in [6.07, 6.45) is 3.39. The first-order valence-corrected chi connectivity index (χ1v) is 16.7. The summed E-state index contributed by atoms with van der Waals surface area (Å²) in [5.41, 5.74) is 1.28. The largest absolute Gasteiger partial charge is 0.419 e. The highest BCUT2D eigenvalue weighted by atomic mass is 32.2. The van der Waals surface area contributed by atoms with E-state index in [1.807, 2.05) is 35.7 Å². The van der Waals surface area contributed by atoms with Gasteiger partial charge in [0.25, 0.3) is 0 Å². The smallest absolute Gasteiger partial charge is 0.381 e. The van der Waals surface area contributed by atoms with Gasteiger partial charge < -0.3 is 4.74 Å². The third kappa shape index (κ3) is 10.1. The fourth-order valence-electron chi connectivity index (χ4n) is 4.81. The van der Waals surface area contributed by atoms with Gasteiger partial charge in [0, 0.05) is 18.8 Å². The van der Waals surface area contributed by atoms with Crippen LogP contribution in [-0.2, 0) is 23.8 Å². The molecule has 1 nitrogen and oxygen atoms in total. The van der Waals surface area contributed by atoms with Gasteiger partial charge in [-0.05, 0) is 89.6 Å². The van der Waals surface area contributed by atoms with Gasteiger partial charge >= 0.3 is 6.18 Å². The summed E-state index contributed by atoms with van der Waals surface area (Å²) in [5, 5.41) is 0. The predicted octanol–water partition coefficient (Wildman–Crippen LogP) is 10.8. The van der Waals surface area contributed by atoms with Crippen molar-refractivity contribution in [1.29, 1.82) is 0 Å². The standard InChI is InChI=1S/C34H36F6OS2/c1-2-3-4-16-41-17-15-25-21-42-33(43-22-25)28-13-12-27(31(36)20-28)11-6-23-5-9-26(30(35)18-23)10-7-24-8-14-29(32(37)19-24)34(38,39)40/h5,7-10,12-14,18-20,25,33H,2-4,6,11,15-17,21-22H2,1H3/b10-7+. The summed E-state index contributed by atoms with van der Waals surface area (Å²) in [4.78, 5) is 0. The molecule has 0 aromatic heterocycles. The van der Waals surface area contributed by atoms with Crippen LogP contribution in [0.3, 0.4) is 0 Å². The fraction of sp³-hybridized carbons (Fsp3) is 0.412. The number of hydrogen-bond donors (Lipinski definition) is 0. The summed E-state index contributed by atoms with van der Waals surface area (Å²) in [7, 11) is 0. The van der Waals surface area contributed by atoms with Crippen molar-refractivity contribution < 1.29 is 31.1 Å². The van der Waals surface area contributed by atoms with Gasteiger partial charge in [-0.3, -0.25) is 0 Å². The molecule has 3 aromatic rings. The first-order chi connectivity index (χ1) is 20.6. The van der Waals surface area contributed by atoms with E-state index in [1.165, 1.54) is 31.1 Å². The Hall–Kier alpha value is -2.36. The van der Waals surface area contributed by atoms with Gasteiger partial charge in [0.2, 0.25) is 0 Å². The topological polar surface area (TPSA) is 9.23 Å². The van der Waals surface area contributed by atoms with Gasteiger partial charge in [-0.15, -0.1) is 23.5 Å². The van der Waals surface area contributed by atoms with Crippen molar-refractivity contribution >= 4 is 35.7 Å². The highest BCUT2D eigenvalue weighted by Gasteiger charge is 2.33. The molecule has 4 rings (SSSR count). The average molecular weight is 639 g/mol. The number of aryl methyl sites for hydroxylation is 2. The second-order valence-electron chi connectivity index (χ2n) is 10.7. The molecule has 0 atom stereocenters. The minimum Gasteiger partial charge on any atom is -0.381 e. The van der Waals surface area contributed by atoms with E-state index < -0.39 is 23.4 Å². The summed E-state index contributed by atoms with van der Waals surface area (Å²) in [6.45, 7) is 3.82. The highest BCUT2D eigenvalue weighted by molar-refractivity contribution is 8.16. The summed E-state index contributed by atoms with van der Waals surface area (Å²) < 4.78 is 87.7. The summed E-state index contributed by atoms with van der Waals surface area (Å²) in [6, 6.07) is 12.6. The summed E-state index contributed by atoms with van der Waals surface area (Å²) >= 11 is 3.72. The maximum Gasteiger partial charge on any atom is 0.419 e. The maximum absolute atomic E-state index is 15.0. The van der Waals surface area contributed by atoms with Crippen molar-refractivity contribution in [3.05, 3.63) is 105 Å². The number of unbranched alkanes of at least 4 members (excludes halogenated alkanes) is 2. The van der Waals surface area contributed by atoms with Crippen LogP contribution < -0.4 is 0 Å². The molecule has 3 aromatic carbocycles. The normalized spacial score (nSPS) is 17.6. The van der Waals surface area contributed by atoms with E-state index in [0.29, 0.717) is 36.0 Å². The molecule has 0 N–H and O–H groups in total. The van der Waals surface area contributed by atoms with Crippen LogP contribution in [0.1, 0.15) is 70.6 Å². The van der Waals surface area contributed by atoms with Crippen LogP contribution in [0.5, 0.6) is 0 Å². The van der Waals surface area contributed by atoms with Crippen LogP contribution in [0.15, 0.2) is 54.6 Å². The molecule has 0 radical (unpaired) electrons. The predicted molar refractivity (Wildman–Crippen MR) is 167 cm³/mol. The van der Waals surface area contributed by atoms with E-state index in [0.717, 1.165) is 55.3 Å². The van der Waals surface area contributed by atoms with Crippen molar-refractivity contribution in [2.75, 3.05) is 24.7 Å². The molecule has 1 aliphatic heterocycles. The number of hydrogen-bond acceptors (Lipinski definition) is 3. The number of alkyl halides is 3. The molecular formula is C34H36F6OS2. The Balaban J connectivity index is 1.26. The number of rotatable bonds is 13. The second-order valence-corrected chi connectivity index (χ2v) is 13.3. The molecule has 0 bridgehead atoms. The van der Waals surface area contributed by atoms with E-state index in [4.69, 9.17) is 4.74 Å². The molecule has 0 saturated carbocycles. The minimum atomic E-state index is -4.78. The molecule has 0 aliphatic carbocycles. The molecule has 0 amide bonds. The monoisotopic (exact) mass is 638 g/mol. The Bertz CT molecular complexity index is 1370. The van der Waals surface area contributed by atoms with E-state index in [2.05, 4.69) is 6.92 Å². The Morgan fingerprint density at radius 2 is 1.60 bits per heavy atom. The molecule has 1 saturated heterocycles. The number of ether oxygens (including phenoxy) is 1. The Morgan fingerprint density at radius 3 is 2.28 bits per heavy atom. The number of benzene rings is 3. The van der Waals surface area contributed by atoms with E-state index in [9.17, 15) is 26.3 Å². The Labute approximate surface area is 258 Å². The molecule has 0 spiro atoms. The Kier molecular flexibility index (Phi) is 12.6. The van der Waals surface area contributed by atoms with Crippen LogP contribution in [-0.4, -0.2) is 24.7 Å². The van der Waals surface area contributed by atoms with Crippen LogP contribution in [0.25, 0.3) is 12.2 Å². The molecule has 1 fully saturated rings. The quantitative estimate of drug-likeness (QED) is 0.105. The van der Waals surface area contributed by atoms with Gasteiger partial charge in [-0.2, -0.15) is 13.2 Å². The van der Waals surface area contributed by atoms with E-state index >= 15 is 0 Å². The van der Waals surface area contributed by atoms with Crippen LogP contribution in [0.4, 0.5) is 26.3 Å². The summed E-state index contributed by atoms with van der Waals surface area (Å²) in [5.74, 6) is 0.519. The lowest BCUT2D eigenvalue weighted by atomic mass is 10.0. The average Bonchev–Trinajstić information content (AvgIpc) is 2.97. The fourth-order valence-corrected chi connectivity index (χ4v) is 7.96. The van der Waals surface area contributed by atoms with E-state index in [1.54, 1.807) is 18.2 Å². The number of thioether (sulfide) groups is 2. The zero-order chi connectivity index (χ0) is 30.8.